The van der Waals surface area contributed by atoms with Crippen LogP contribution in [0.1, 0.15) is 47.2 Å². The standard InChI is InChI=1S/C40H28O/c1-39(2)31-14-6-3-13-29(31)30-23-25(19-21-32(30)39)26-20-22-38-36(24-26)40(35-17-9-10-18-37(35)41-38)33-15-7-4-11-27(33)28-12-5-8-16-34(28)40/h3-24H,1-2H3. The quantitative estimate of drug-likeness (QED) is 0.208. The van der Waals surface area contributed by atoms with Crippen LogP contribution in [0, 0.1) is 0 Å². The summed E-state index contributed by atoms with van der Waals surface area (Å²) in [5.74, 6) is 1.85. The molecule has 9 rings (SSSR count). The maximum atomic E-state index is 6.63. The van der Waals surface area contributed by atoms with Gasteiger partial charge in [-0.2, -0.15) is 0 Å². The van der Waals surface area contributed by atoms with Crippen LogP contribution in [0.3, 0.4) is 0 Å². The molecule has 0 N–H and O–H groups in total. The molecular formula is C40H28O. The predicted molar refractivity (Wildman–Crippen MR) is 167 cm³/mol. The topological polar surface area (TPSA) is 9.23 Å². The Hall–Kier alpha value is -4.88. The monoisotopic (exact) mass is 524 g/mol. The molecule has 1 spiro atoms. The van der Waals surface area contributed by atoms with E-state index < -0.39 is 5.41 Å². The van der Waals surface area contributed by atoms with Crippen molar-refractivity contribution in [3.8, 4) is 44.9 Å². The summed E-state index contributed by atoms with van der Waals surface area (Å²) in [6.07, 6.45) is 0. The molecular weight excluding hydrogens is 496 g/mol. The number of hydrogen-bond donors (Lipinski definition) is 0. The van der Waals surface area contributed by atoms with Crippen molar-refractivity contribution in [1.29, 1.82) is 0 Å². The molecule has 1 nitrogen and oxygen atoms in total. The summed E-state index contributed by atoms with van der Waals surface area (Å²) in [6, 6.07) is 49.1. The fourth-order valence-electron chi connectivity index (χ4n) is 7.94. The molecule has 6 aromatic carbocycles. The van der Waals surface area contributed by atoms with Crippen LogP contribution in [0.15, 0.2) is 133 Å². The van der Waals surface area contributed by atoms with Crippen molar-refractivity contribution in [1.82, 2.24) is 0 Å². The zero-order valence-electron chi connectivity index (χ0n) is 23.1. The molecule has 194 valence electrons. The third kappa shape index (κ3) is 2.81. The fourth-order valence-corrected chi connectivity index (χ4v) is 7.94. The van der Waals surface area contributed by atoms with Gasteiger partial charge in [0.15, 0.2) is 0 Å². The van der Waals surface area contributed by atoms with Crippen molar-refractivity contribution in [2.75, 3.05) is 0 Å². The average Bonchev–Trinajstić information content (AvgIpc) is 3.44. The number of ether oxygens (including phenoxy) is 1. The normalized spacial score (nSPS) is 15.7. The van der Waals surface area contributed by atoms with Gasteiger partial charge in [-0.1, -0.05) is 123 Å². The molecule has 0 fully saturated rings. The van der Waals surface area contributed by atoms with Crippen molar-refractivity contribution in [3.63, 3.8) is 0 Å². The molecule has 0 unspecified atom stereocenters. The lowest BCUT2D eigenvalue weighted by Crippen LogP contribution is -2.32. The van der Waals surface area contributed by atoms with Gasteiger partial charge in [-0.15, -0.1) is 0 Å². The van der Waals surface area contributed by atoms with Crippen LogP contribution in [0.25, 0.3) is 33.4 Å². The highest BCUT2D eigenvalue weighted by Gasteiger charge is 2.51. The second kappa shape index (κ2) is 7.86. The van der Waals surface area contributed by atoms with Crippen LogP contribution in [-0.4, -0.2) is 0 Å². The van der Waals surface area contributed by atoms with Crippen LogP contribution in [-0.2, 0) is 10.8 Å². The van der Waals surface area contributed by atoms with E-state index in [1.54, 1.807) is 0 Å². The number of rotatable bonds is 1. The first-order valence-corrected chi connectivity index (χ1v) is 14.4. The van der Waals surface area contributed by atoms with Crippen molar-refractivity contribution < 1.29 is 4.74 Å². The van der Waals surface area contributed by atoms with Crippen molar-refractivity contribution >= 4 is 0 Å². The summed E-state index contributed by atoms with van der Waals surface area (Å²) in [6.45, 7) is 4.67. The van der Waals surface area contributed by atoms with E-state index >= 15 is 0 Å². The maximum Gasteiger partial charge on any atom is 0.132 e. The van der Waals surface area contributed by atoms with E-state index in [0.717, 1.165) is 11.5 Å². The minimum Gasteiger partial charge on any atom is -0.457 e. The summed E-state index contributed by atoms with van der Waals surface area (Å²) in [4.78, 5) is 0. The van der Waals surface area contributed by atoms with E-state index in [4.69, 9.17) is 4.74 Å². The van der Waals surface area contributed by atoms with Gasteiger partial charge in [0, 0.05) is 16.5 Å². The first-order valence-electron chi connectivity index (χ1n) is 14.4. The minimum absolute atomic E-state index is 0.000808. The van der Waals surface area contributed by atoms with E-state index in [-0.39, 0.29) is 5.41 Å². The Morgan fingerprint density at radius 1 is 0.390 bits per heavy atom. The molecule has 0 radical (unpaired) electrons. The predicted octanol–water partition coefficient (Wildman–Crippen LogP) is 10.1. The molecule has 0 aromatic heterocycles. The molecule has 0 amide bonds. The summed E-state index contributed by atoms with van der Waals surface area (Å²) in [5.41, 5.74) is 15.1. The summed E-state index contributed by atoms with van der Waals surface area (Å²) in [7, 11) is 0. The molecule has 1 aliphatic heterocycles. The van der Waals surface area contributed by atoms with Crippen LogP contribution in [0.5, 0.6) is 11.5 Å². The first-order chi connectivity index (χ1) is 20.1. The van der Waals surface area contributed by atoms with Crippen LogP contribution >= 0.6 is 0 Å². The van der Waals surface area contributed by atoms with Gasteiger partial charge in [-0.05, 0) is 79.9 Å². The minimum atomic E-state index is -0.446. The molecule has 41 heavy (non-hydrogen) atoms. The van der Waals surface area contributed by atoms with Gasteiger partial charge >= 0.3 is 0 Å². The molecule has 0 saturated heterocycles. The Kier molecular flexibility index (Phi) is 4.39. The van der Waals surface area contributed by atoms with E-state index in [1.807, 2.05) is 0 Å². The lowest BCUT2D eigenvalue weighted by atomic mass is 9.66. The van der Waals surface area contributed by atoms with Crippen molar-refractivity contribution in [2.24, 2.45) is 0 Å². The molecule has 1 heterocycles. The van der Waals surface area contributed by atoms with Gasteiger partial charge in [0.1, 0.15) is 11.5 Å². The Bertz CT molecular complexity index is 2020. The highest BCUT2D eigenvalue weighted by atomic mass is 16.5. The number of hydrogen-bond acceptors (Lipinski definition) is 1. The molecule has 0 bridgehead atoms. The lowest BCUT2D eigenvalue weighted by Gasteiger charge is -2.39. The number of para-hydroxylation sites is 1. The van der Waals surface area contributed by atoms with Gasteiger partial charge in [-0.3, -0.25) is 0 Å². The molecule has 6 aromatic rings. The van der Waals surface area contributed by atoms with Gasteiger partial charge < -0.3 is 4.74 Å². The van der Waals surface area contributed by atoms with Crippen LogP contribution < -0.4 is 4.74 Å². The first kappa shape index (κ1) is 22.9. The molecule has 2 aliphatic carbocycles. The van der Waals surface area contributed by atoms with Crippen molar-refractivity contribution in [2.45, 2.75) is 24.7 Å². The number of fused-ring (bicyclic) bond motifs is 12. The average molecular weight is 525 g/mol. The molecule has 3 aliphatic rings. The Labute approximate surface area is 240 Å². The summed E-state index contributed by atoms with van der Waals surface area (Å²) >= 11 is 0. The van der Waals surface area contributed by atoms with E-state index in [9.17, 15) is 0 Å². The third-order valence-electron chi connectivity index (χ3n) is 9.76. The van der Waals surface area contributed by atoms with Crippen LogP contribution in [0.2, 0.25) is 0 Å². The second-order valence-electron chi connectivity index (χ2n) is 12.1. The Balaban J connectivity index is 1.32. The second-order valence-corrected chi connectivity index (χ2v) is 12.1. The molecule has 0 saturated carbocycles. The highest BCUT2D eigenvalue weighted by Crippen LogP contribution is 2.62. The van der Waals surface area contributed by atoms with E-state index in [0.29, 0.717) is 0 Å². The highest BCUT2D eigenvalue weighted by molar-refractivity contribution is 5.90. The van der Waals surface area contributed by atoms with Gasteiger partial charge in [-0.25, -0.2) is 0 Å². The Morgan fingerprint density at radius 2 is 0.878 bits per heavy atom. The fraction of sp³-hybridized carbons (Fsp3) is 0.100. The van der Waals surface area contributed by atoms with Gasteiger partial charge in [0.05, 0.1) is 5.41 Å². The van der Waals surface area contributed by atoms with Gasteiger partial charge in [0.2, 0.25) is 0 Å². The third-order valence-corrected chi connectivity index (χ3v) is 9.76. The molecule has 1 heteroatoms. The van der Waals surface area contributed by atoms with Crippen molar-refractivity contribution in [3.05, 3.63) is 167 Å². The number of benzene rings is 6. The summed E-state index contributed by atoms with van der Waals surface area (Å²) in [5, 5.41) is 0. The largest absolute Gasteiger partial charge is 0.457 e. The zero-order chi connectivity index (χ0) is 27.3. The van der Waals surface area contributed by atoms with E-state index in [1.165, 1.54) is 66.8 Å². The van der Waals surface area contributed by atoms with E-state index in [2.05, 4.69) is 147 Å². The zero-order valence-corrected chi connectivity index (χ0v) is 23.1. The van der Waals surface area contributed by atoms with Gasteiger partial charge in [0.25, 0.3) is 0 Å². The smallest absolute Gasteiger partial charge is 0.132 e. The summed E-state index contributed by atoms with van der Waals surface area (Å²) < 4.78 is 6.63. The lowest BCUT2D eigenvalue weighted by molar-refractivity contribution is 0.436. The molecule has 0 atom stereocenters. The maximum absolute atomic E-state index is 6.63. The Morgan fingerprint density at radius 3 is 1.59 bits per heavy atom. The van der Waals surface area contributed by atoms with Crippen LogP contribution in [0.4, 0.5) is 0 Å². The SMILES string of the molecule is CC1(C)c2ccccc2-c2cc(-c3ccc4c(c3)C3(c5ccccc5O4)c4ccccc4-c4ccccc43)ccc21.